The number of halogens is 1. The molecule has 0 saturated heterocycles. The van der Waals surface area contributed by atoms with E-state index in [9.17, 15) is 0 Å². The molecule has 0 heterocycles. The van der Waals surface area contributed by atoms with E-state index in [4.69, 9.17) is 11.5 Å². The molecule has 16 heavy (non-hydrogen) atoms. The molecule has 86 valence electrons. The Bertz CT molecular complexity index is 389. The first-order chi connectivity index (χ1) is 7.62. The van der Waals surface area contributed by atoms with Crippen molar-refractivity contribution in [1.82, 2.24) is 0 Å². The van der Waals surface area contributed by atoms with E-state index >= 15 is 0 Å². The molecule has 2 rings (SSSR count). The van der Waals surface area contributed by atoms with Crippen LogP contribution in [0.5, 0.6) is 0 Å². The second-order valence-electron chi connectivity index (χ2n) is 4.38. The van der Waals surface area contributed by atoms with Crippen molar-refractivity contribution in [2.24, 2.45) is 16.5 Å². The number of hydrogen-bond acceptors (Lipinski definition) is 1. The molecule has 1 aromatic rings. The lowest BCUT2D eigenvalue weighted by molar-refractivity contribution is 0.253. The fourth-order valence-corrected chi connectivity index (χ4v) is 2.45. The molecule has 1 aromatic carbocycles. The number of nitrogens with zero attached hydrogens (tertiary/aromatic N) is 1. The van der Waals surface area contributed by atoms with Gasteiger partial charge in [-0.1, -0.05) is 34.5 Å². The van der Waals surface area contributed by atoms with E-state index in [1.165, 1.54) is 24.8 Å². The highest BCUT2D eigenvalue weighted by Crippen LogP contribution is 2.44. The first kappa shape index (κ1) is 11.5. The van der Waals surface area contributed by atoms with Crippen LogP contribution < -0.4 is 11.5 Å². The maximum absolute atomic E-state index is 5.40. The number of rotatable bonds is 3. The van der Waals surface area contributed by atoms with Crippen LogP contribution in [0.3, 0.4) is 0 Å². The first-order valence-corrected chi connectivity index (χ1v) is 6.23. The average molecular weight is 282 g/mol. The van der Waals surface area contributed by atoms with Crippen LogP contribution in [-0.4, -0.2) is 12.5 Å². The topological polar surface area (TPSA) is 64.4 Å². The molecule has 4 heteroatoms. The maximum atomic E-state index is 5.40. The van der Waals surface area contributed by atoms with Gasteiger partial charge in [0.2, 0.25) is 0 Å². The van der Waals surface area contributed by atoms with E-state index in [0.717, 1.165) is 4.47 Å². The molecule has 0 aliphatic heterocycles. The van der Waals surface area contributed by atoms with Crippen LogP contribution >= 0.6 is 15.9 Å². The highest BCUT2D eigenvalue weighted by atomic mass is 79.9. The molecule has 0 atom stereocenters. The van der Waals surface area contributed by atoms with E-state index < -0.39 is 0 Å². The molecule has 0 spiro atoms. The molecule has 0 radical (unpaired) electrons. The maximum Gasteiger partial charge on any atom is 0.185 e. The molecule has 1 fully saturated rings. The monoisotopic (exact) mass is 281 g/mol. The Morgan fingerprint density at radius 1 is 1.25 bits per heavy atom. The minimum atomic E-state index is 0.171. The normalized spacial score (nSPS) is 17.6. The Hall–Kier alpha value is -1.03. The van der Waals surface area contributed by atoms with Gasteiger partial charge in [0.15, 0.2) is 5.96 Å². The van der Waals surface area contributed by atoms with Gasteiger partial charge in [0.05, 0.1) is 6.54 Å². The minimum absolute atomic E-state index is 0.171. The van der Waals surface area contributed by atoms with Crippen molar-refractivity contribution in [2.45, 2.75) is 24.7 Å². The summed E-state index contributed by atoms with van der Waals surface area (Å²) in [5, 5.41) is 0. The van der Waals surface area contributed by atoms with Crippen molar-refractivity contribution < 1.29 is 0 Å². The zero-order valence-corrected chi connectivity index (χ0v) is 10.7. The lowest BCUT2D eigenvalue weighted by Gasteiger charge is -2.41. The van der Waals surface area contributed by atoms with Crippen molar-refractivity contribution in [1.29, 1.82) is 0 Å². The van der Waals surface area contributed by atoms with Crippen LogP contribution in [0.15, 0.2) is 33.7 Å². The molecular weight excluding hydrogens is 266 g/mol. The van der Waals surface area contributed by atoms with Gasteiger partial charge in [0.1, 0.15) is 0 Å². The quantitative estimate of drug-likeness (QED) is 0.659. The van der Waals surface area contributed by atoms with Crippen LogP contribution in [0.4, 0.5) is 0 Å². The van der Waals surface area contributed by atoms with Gasteiger partial charge in [0, 0.05) is 9.89 Å². The van der Waals surface area contributed by atoms with E-state index in [0.29, 0.717) is 6.54 Å². The average Bonchev–Trinajstić information content (AvgIpc) is 2.18. The lowest BCUT2D eigenvalue weighted by Crippen LogP contribution is -2.38. The third-order valence-corrected chi connectivity index (χ3v) is 3.86. The molecule has 1 aliphatic rings. The predicted octanol–water partition coefficient (Wildman–Crippen LogP) is 2.14. The SMILES string of the molecule is NC(N)=NCC1(c2ccc(Br)cc2)CCC1. The highest BCUT2D eigenvalue weighted by molar-refractivity contribution is 9.10. The molecule has 0 unspecified atom stereocenters. The predicted molar refractivity (Wildman–Crippen MR) is 70.3 cm³/mol. The largest absolute Gasteiger partial charge is 0.370 e. The minimum Gasteiger partial charge on any atom is -0.370 e. The highest BCUT2D eigenvalue weighted by Gasteiger charge is 2.38. The van der Waals surface area contributed by atoms with Gasteiger partial charge in [-0.2, -0.15) is 0 Å². The smallest absolute Gasteiger partial charge is 0.185 e. The lowest BCUT2D eigenvalue weighted by atomic mass is 9.64. The fourth-order valence-electron chi connectivity index (χ4n) is 2.19. The number of benzene rings is 1. The second-order valence-corrected chi connectivity index (χ2v) is 5.30. The summed E-state index contributed by atoms with van der Waals surface area (Å²) >= 11 is 3.45. The van der Waals surface area contributed by atoms with E-state index in [2.05, 4.69) is 45.2 Å². The summed E-state index contributed by atoms with van der Waals surface area (Å²) in [4.78, 5) is 4.18. The molecular formula is C12H16BrN3. The number of nitrogens with two attached hydrogens (primary N) is 2. The Morgan fingerprint density at radius 3 is 2.31 bits per heavy atom. The van der Waals surface area contributed by atoms with Gasteiger partial charge < -0.3 is 11.5 Å². The summed E-state index contributed by atoms with van der Waals surface area (Å²) in [7, 11) is 0. The molecule has 1 aliphatic carbocycles. The Labute approximate surface area is 104 Å². The Morgan fingerprint density at radius 2 is 1.88 bits per heavy atom. The van der Waals surface area contributed by atoms with Crippen LogP contribution in [0.2, 0.25) is 0 Å². The zero-order valence-electron chi connectivity index (χ0n) is 9.12. The van der Waals surface area contributed by atoms with Gasteiger partial charge in [-0.05, 0) is 30.5 Å². The first-order valence-electron chi connectivity index (χ1n) is 5.44. The van der Waals surface area contributed by atoms with E-state index in [1.807, 2.05) is 0 Å². The van der Waals surface area contributed by atoms with Crippen LogP contribution in [-0.2, 0) is 5.41 Å². The summed E-state index contributed by atoms with van der Waals surface area (Å²) in [6, 6.07) is 8.47. The standard InChI is InChI=1S/C12H16BrN3/c13-10-4-2-9(3-5-10)12(6-1-7-12)8-16-11(14)15/h2-5H,1,6-8H2,(H4,14,15,16). The van der Waals surface area contributed by atoms with Crippen molar-refractivity contribution >= 4 is 21.9 Å². The van der Waals surface area contributed by atoms with Crippen LogP contribution in [0.25, 0.3) is 0 Å². The van der Waals surface area contributed by atoms with Gasteiger partial charge in [-0.25, -0.2) is 0 Å². The zero-order chi connectivity index (χ0) is 11.6. The van der Waals surface area contributed by atoms with Gasteiger partial charge >= 0.3 is 0 Å². The summed E-state index contributed by atoms with van der Waals surface area (Å²) in [6.45, 7) is 0.705. The summed E-state index contributed by atoms with van der Waals surface area (Å²) in [5.41, 5.74) is 12.3. The van der Waals surface area contributed by atoms with Crippen LogP contribution in [0, 0.1) is 0 Å². The molecule has 0 amide bonds. The Kier molecular flexibility index (Phi) is 3.19. The summed E-state index contributed by atoms with van der Waals surface area (Å²) < 4.78 is 1.10. The molecule has 4 N–H and O–H groups in total. The molecule has 1 saturated carbocycles. The number of guanidine groups is 1. The van der Waals surface area contributed by atoms with Gasteiger partial charge in [0.25, 0.3) is 0 Å². The van der Waals surface area contributed by atoms with E-state index in [-0.39, 0.29) is 11.4 Å². The molecule has 0 bridgehead atoms. The van der Waals surface area contributed by atoms with Crippen molar-refractivity contribution in [3.8, 4) is 0 Å². The van der Waals surface area contributed by atoms with Crippen molar-refractivity contribution in [3.05, 3.63) is 34.3 Å². The summed E-state index contributed by atoms with van der Waals surface area (Å²) in [6.07, 6.45) is 3.60. The van der Waals surface area contributed by atoms with E-state index in [1.54, 1.807) is 0 Å². The summed E-state index contributed by atoms with van der Waals surface area (Å²) in [5.74, 6) is 0.184. The third kappa shape index (κ3) is 2.21. The van der Waals surface area contributed by atoms with Crippen molar-refractivity contribution in [3.63, 3.8) is 0 Å². The number of hydrogen-bond donors (Lipinski definition) is 2. The molecule has 3 nitrogen and oxygen atoms in total. The van der Waals surface area contributed by atoms with Gasteiger partial charge in [-0.15, -0.1) is 0 Å². The second kappa shape index (κ2) is 4.45. The molecule has 0 aromatic heterocycles. The Balaban J connectivity index is 2.21. The van der Waals surface area contributed by atoms with Crippen molar-refractivity contribution in [2.75, 3.05) is 6.54 Å². The third-order valence-electron chi connectivity index (χ3n) is 3.33. The van der Waals surface area contributed by atoms with Gasteiger partial charge in [-0.3, -0.25) is 4.99 Å². The fraction of sp³-hybridized carbons (Fsp3) is 0.417. The number of aliphatic imine (C=N–C) groups is 1. The van der Waals surface area contributed by atoms with Crippen LogP contribution in [0.1, 0.15) is 24.8 Å².